The van der Waals surface area contributed by atoms with E-state index < -0.39 is 0 Å². The Hall–Kier alpha value is -0.220. The molecular formula is C15H25ClN2S. The third-order valence-corrected chi connectivity index (χ3v) is 4.74. The maximum atomic E-state index is 3.44. The second-order valence-electron chi connectivity index (χ2n) is 5.18. The van der Waals surface area contributed by atoms with Crippen LogP contribution in [0.4, 0.5) is 0 Å². The minimum atomic E-state index is 0. The van der Waals surface area contributed by atoms with Gasteiger partial charge in [-0.1, -0.05) is 6.07 Å². The second-order valence-corrected chi connectivity index (χ2v) is 6.35. The number of rotatable bonds is 4. The molecule has 1 aromatic rings. The molecule has 1 saturated heterocycles. The number of benzene rings is 1. The van der Waals surface area contributed by atoms with Crippen LogP contribution in [0.3, 0.4) is 0 Å². The molecule has 2 nitrogen and oxygen atoms in total. The van der Waals surface area contributed by atoms with Crippen LogP contribution in [-0.4, -0.2) is 42.9 Å². The van der Waals surface area contributed by atoms with Crippen LogP contribution in [-0.2, 0) is 0 Å². The van der Waals surface area contributed by atoms with Crippen molar-refractivity contribution < 1.29 is 0 Å². The molecule has 0 bridgehead atoms. The normalized spacial score (nSPS) is 20.1. The van der Waals surface area contributed by atoms with Crippen LogP contribution in [0.1, 0.15) is 18.1 Å². The molecule has 1 fully saturated rings. The smallest absolute Gasteiger partial charge is 0.0193 e. The molecule has 0 saturated carbocycles. The van der Waals surface area contributed by atoms with E-state index in [9.17, 15) is 0 Å². The first-order chi connectivity index (χ1) is 8.66. The molecule has 0 unspecified atom stereocenters. The van der Waals surface area contributed by atoms with Gasteiger partial charge in [0.15, 0.2) is 0 Å². The van der Waals surface area contributed by atoms with Gasteiger partial charge < -0.3 is 5.32 Å². The molecule has 4 heteroatoms. The van der Waals surface area contributed by atoms with Gasteiger partial charge in [-0.2, -0.15) is 0 Å². The average Bonchev–Trinajstić information content (AvgIpc) is 2.36. The molecule has 1 atom stereocenters. The maximum Gasteiger partial charge on any atom is 0.0193 e. The van der Waals surface area contributed by atoms with E-state index in [0.717, 1.165) is 13.1 Å². The molecule has 1 aliphatic rings. The predicted octanol–water partition coefficient (Wildman–Crippen LogP) is 3.11. The highest BCUT2D eigenvalue weighted by atomic mass is 35.5. The number of nitrogens with one attached hydrogen (secondary N) is 1. The van der Waals surface area contributed by atoms with Crippen LogP contribution in [0.2, 0.25) is 0 Å². The van der Waals surface area contributed by atoms with Crippen LogP contribution < -0.4 is 5.32 Å². The lowest BCUT2D eigenvalue weighted by atomic mass is 10.1. The van der Waals surface area contributed by atoms with Gasteiger partial charge in [-0.05, 0) is 44.0 Å². The van der Waals surface area contributed by atoms with Crippen molar-refractivity contribution in [2.24, 2.45) is 0 Å². The van der Waals surface area contributed by atoms with Gasteiger partial charge in [0.1, 0.15) is 0 Å². The summed E-state index contributed by atoms with van der Waals surface area (Å²) in [4.78, 5) is 3.99. The molecule has 0 spiro atoms. The summed E-state index contributed by atoms with van der Waals surface area (Å²) in [6.45, 7) is 11.3. The Morgan fingerprint density at radius 3 is 2.79 bits per heavy atom. The number of thioether (sulfide) groups is 1. The Labute approximate surface area is 127 Å². The summed E-state index contributed by atoms with van der Waals surface area (Å²) in [6.07, 6.45) is 0. The lowest BCUT2D eigenvalue weighted by molar-refractivity contribution is 0.184. The summed E-state index contributed by atoms with van der Waals surface area (Å²) >= 11 is 1.98. The maximum absolute atomic E-state index is 3.44. The Morgan fingerprint density at radius 1 is 1.32 bits per heavy atom. The summed E-state index contributed by atoms with van der Waals surface area (Å²) in [5.41, 5.74) is 2.78. The zero-order chi connectivity index (χ0) is 13.0. The molecule has 1 aliphatic heterocycles. The summed E-state index contributed by atoms with van der Waals surface area (Å²) in [7, 11) is 0. The minimum Gasteiger partial charge on any atom is -0.314 e. The molecule has 2 rings (SSSR count). The minimum absolute atomic E-state index is 0. The van der Waals surface area contributed by atoms with Crippen molar-refractivity contribution in [1.29, 1.82) is 0 Å². The standard InChI is InChI=1S/C15H24N2S.ClH/c1-12-4-5-15(10-13(12)2)18-9-8-17-7-6-16-11-14(17)3;/h4-5,10,14,16H,6-9,11H2,1-3H3;1H/t14-;/m1./s1. The summed E-state index contributed by atoms with van der Waals surface area (Å²) in [5.74, 6) is 1.19. The van der Waals surface area contributed by atoms with Crippen molar-refractivity contribution in [3.63, 3.8) is 0 Å². The number of halogens is 1. The highest BCUT2D eigenvalue weighted by Crippen LogP contribution is 2.21. The van der Waals surface area contributed by atoms with Crippen LogP contribution in [0.15, 0.2) is 23.1 Å². The summed E-state index contributed by atoms with van der Waals surface area (Å²) < 4.78 is 0. The molecule has 0 radical (unpaired) electrons. The van der Waals surface area contributed by atoms with E-state index >= 15 is 0 Å². The van der Waals surface area contributed by atoms with Crippen LogP contribution in [0.5, 0.6) is 0 Å². The van der Waals surface area contributed by atoms with Gasteiger partial charge in [0.25, 0.3) is 0 Å². The Morgan fingerprint density at radius 2 is 2.11 bits per heavy atom. The number of aryl methyl sites for hydroxylation is 2. The number of hydrogen-bond donors (Lipinski definition) is 1. The third kappa shape index (κ3) is 4.99. The molecule has 1 N–H and O–H groups in total. The van der Waals surface area contributed by atoms with Crippen molar-refractivity contribution in [1.82, 2.24) is 10.2 Å². The second kappa shape index (κ2) is 8.15. The zero-order valence-electron chi connectivity index (χ0n) is 12.1. The molecule has 0 aromatic heterocycles. The van der Waals surface area contributed by atoms with E-state index in [1.807, 2.05) is 11.8 Å². The summed E-state index contributed by atoms with van der Waals surface area (Å²) in [6, 6.07) is 7.46. The highest BCUT2D eigenvalue weighted by Gasteiger charge is 2.16. The summed E-state index contributed by atoms with van der Waals surface area (Å²) in [5, 5.41) is 3.44. The van der Waals surface area contributed by atoms with Crippen molar-refractivity contribution in [2.45, 2.75) is 31.7 Å². The van der Waals surface area contributed by atoms with Gasteiger partial charge in [-0.3, -0.25) is 4.90 Å². The first-order valence-electron chi connectivity index (χ1n) is 6.81. The monoisotopic (exact) mass is 300 g/mol. The van der Waals surface area contributed by atoms with Crippen molar-refractivity contribution in [3.05, 3.63) is 29.3 Å². The molecule has 1 aromatic carbocycles. The van der Waals surface area contributed by atoms with E-state index in [0.29, 0.717) is 6.04 Å². The van der Waals surface area contributed by atoms with Gasteiger partial charge in [-0.25, -0.2) is 0 Å². The first kappa shape index (κ1) is 16.8. The zero-order valence-corrected chi connectivity index (χ0v) is 13.7. The lowest BCUT2D eigenvalue weighted by Crippen LogP contribution is -2.50. The number of hydrogen-bond acceptors (Lipinski definition) is 3. The fraction of sp³-hybridized carbons (Fsp3) is 0.600. The topological polar surface area (TPSA) is 15.3 Å². The molecule has 0 aliphatic carbocycles. The van der Waals surface area contributed by atoms with Gasteiger partial charge in [0, 0.05) is 42.9 Å². The first-order valence-corrected chi connectivity index (χ1v) is 7.80. The third-order valence-electron chi connectivity index (χ3n) is 3.76. The SMILES string of the molecule is Cc1ccc(SCCN2CCNC[C@H]2C)cc1C.Cl. The Bertz CT molecular complexity index is 398. The molecule has 108 valence electrons. The van der Waals surface area contributed by atoms with E-state index in [2.05, 4.69) is 49.2 Å². The molecule has 19 heavy (non-hydrogen) atoms. The Balaban J connectivity index is 0.00000180. The highest BCUT2D eigenvalue weighted by molar-refractivity contribution is 7.99. The van der Waals surface area contributed by atoms with Gasteiger partial charge >= 0.3 is 0 Å². The quantitative estimate of drug-likeness (QED) is 0.860. The van der Waals surface area contributed by atoms with Gasteiger partial charge in [0.05, 0.1) is 0 Å². The van der Waals surface area contributed by atoms with Crippen molar-refractivity contribution in [2.75, 3.05) is 31.9 Å². The fourth-order valence-corrected chi connectivity index (χ4v) is 3.29. The Kier molecular flexibility index (Phi) is 7.22. The van der Waals surface area contributed by atoms with Gasteiger partial charge in [-0.15, -0.1) is 24.2 Å². The van der Waals surface area contributed by atoms with Crippen LogP contribution >= 0.6 is 24.2 Å². The predicted molar refractivity (Wildman–Crippen MR) is 87.8 cm³/mol. The van der Waals surface area contributed by atoms with E-state index in [4.69, 9.17) is 0 Å². The number of nitrogens with zero attached hydrogens (tertiary/aromatic N) is 1. The largest absolute Gasteiger partial charge is 0.314 e. The molecular weight excluding hydrogens is 276 g/mol. The van der Waals surface area contributed by atoms with E-state index in [1.54, 1.807) is 0 Å². The van der Waals surface area contributed by atoms with Gasteiger partial charge in [0.2, 0.25) is 0 Å². The van der Waals surface area contributed by atoms with Crippen LogP contribution in [0, 0.1) is 13.8 Å². The fourth-order valence-electron chi connectivity index (χ4n) is 2.30. The van der Waals surface area contributed by atoms with E-state index in [-0.39, 0.29) is 12.4 Å². The van der Waals surface area contributed by atoms with Crippen molar-refractivity contribution >= 4 is 24.2 Å². The molecule has 1 heterocycles. The van der Waals surface area contributed by atoms with Crippen molar-refractivity contribution in [3.8, 4) is 0 Å². The average molecular weight is 301 g/mol. The van der Waals surface area contributed by atoms with Crippen LogP contribution in [0.25, 0.3) is 0 Å². The molecule has 0 amide bonds. The lowest BCUT2D eigenvalue weighted by Gasteiger charge is -2.33. The van der Waals surface area contributed by atoms with E-state index in [1.165, 1.54) is 34.9 Å². The number of piperazine rings is 1.